The van der Waals surface area contributed by atoms with E-state index in [1.54, 1.807) is 0 Å². The maximum atomic E-state index is 12.0. The first-order valence-electron chi connectivity index (χ1n) is 8.34. The second kappa shape index (κ2) is 7.67. The molecule has 3 aromatic rings. The van der Waals surface area contributed by atoms with Gasteiger partial charge in [-0.05, 0) is 46.5 Å². The van der Waals surface area contributed by atoms with Crippen LogP contribution in [-0.4, -0.2) is 32.5 Å². The van der Waals surface area contributed by atoms with Crippen molar-refractivity contribution in [3.05, 3.63) is 52.7 Å². The van der Waals surface area contributed by atoms with Crippen molar-refractivity contribution < 1.29 is 9.21 Å². The summed E-state index contributed by atoms with van der Waals surface area (Å²) in [5.41, 5.74) is 1.13. The number of halogens is 1. The summed E-state index contributed by atoms with van der Waals surface area (Å²) >= 11 is 4.71. The molecule has 8 heteroatoms. The Bertz CT molecular complexity index is 905. The Kier molecular flexibility index (Phi) is 5.12. The Morgan fingerprint density at radius 2 is 2.04 bits per heavy atom. The third kappa shape index (κ3) is 4.19. The Hall–Kier alpha value is -2.06. The molecule has 1 N–H and O–H groups in total. The molecule has 0 bridgehead atoms. The molecule has 134 valence electrons. The standard InChI is InChI=1S/C18H17BrN4O2S/c19-15-9-8-14(25-15)17-21-22-18(26-11-16(24)20-13-6-7-13)23(17)10-12-4-2-1-3-5-12/h1-5,8-9,13H,6-7,10-11H2,(H,20,24). The van der Waals surface area contributed by atoms with E-state index < -0.39 is 0 Å². The van der Waals surface area contributed by atoms with Crippen LogP contribution in [0.5, 0.6) is 0 Å². The van der Waals surface area contributed by atoms with Gasteiger partial charge in [-0.3, -0.25) is 9.36 Å². The van der Waals surface area contributed by atoms with Crippen LogP contribution in [0, 0.1) is 0 Å². The average Bonchev–Trinajstić information content (AvgIpc) is 3.20. The fraction of sp³-hybridized carbons (Fsp3) is 0.278. The van der Waals surface area contributed by atoms with E-state index >= 15 is 0 Å². The summed E-state index contributed by atoms with van der Waals surface area (Å²) in [6.45, 7) is 0.605. The highest BCUT2D eigenvalue weighted by atomic mass is 79.9. The molecule has 1 amide bonds. The molecular formula is C18H17BrN4O2S. The predicted octanol–water partition coefficient (Wildman–Crippen LogP) is 3.72. The van der Waals surface area contributed by atoms with Gasteiger partial charge < -0.3 is 9.73 Å². The van der Waals surface area contributed by atoms with E-state index in [9.17, 15) is 4.79 Å². The average molecular weight is 433 g/mol. The van der Waals surface area contributed by atoms with Crippen LogP contribution in [0.25, 0.3) is 11.6 Å². The number of rotatable bonds is 7. The van der Waals surface area contributed by atoms with Gasteiger partial charge in [-0.1, -0.05) is 42.1 Å². The van der Waals surface area contributed by atoms with Crippen LogP contribution >= 0.6 is 27.7 Å². The van der Waals surface area contributed by atoms with Crippen molar-refractivity contribution in [1.29, 1.82) is 0 Å². The molecular weight excluding hydrogens is 416 g/mol. The first kappa shape index (κ1) is 17.4. The zero-order chi connectivity index (χ0) is 17.9. The number of carbonyl (C=O) groups excluding carboxylic acids is 1. The monoisotopic (exact) mass is 432 g/mol. The summed E-state index contributed by atoms with van der Waals surface area (Å²) in [7, 11) is 0. The number of nitrogens with one attached hydrogen (secondary N) is 1. The van der Waals surface area contributed by atoms with Crippen molar-refractivity contribution in [1.82, 2.24) is 20.1 Å². The molecule has 6 nitrogen and oxygen atoms in total. The summed E-state index contributed by atoms with van der Waals surface area (Å²) in [6.07, 6.45) is 2.16. The zero-order valence-electron chi connectivity index (χ0n) is 13.9. The normalized spacial score (nSPS) is 13.7. The van der Waals surface area contributed by atoms with Gasteiger partial charge in [0.1, 0.15) is 0 Å². The smallest absolute Gasteiger partial charge is 0.230 e. The minimum Gasteiger partial charge on any atom is -0.446 e. The molecule has 0 radical (unpaired) electrons. The number of carbonyl (C=O) groups is 1. The van der Waals surface area contributed by atoms with Gasteiger partial charge in [0, 0.05) is 6.04 Å². The van der Waals surface area contributed by atoms with E-state index in [4.69, 9.17) is 4.42 Å². The van der Waals surface area contributed by atoms with Gasteiger partial charge in [0.2, 0.25) is 11.7 Å². The van der Waals surface area contributed by atoms with Crippen molar-refractivity contribution in [2.75, 3.05) is 5.75 Å². The van der Waals surface area contributed by atoms with Gasteiger partial charge in [0.25, 0.3) is 0 Å². The lowest BCUT2D eigenvalue weighted by atomic mass is 10.2. The van der Waals surface area contributed by atoms with Gasteiger partial charge in [-0.2, -0.15) is 0 Å². The molecule has 1 fully saturated rings. The molecule has 26 heavy (non-hydrogen) atoms. The van der Waals surface area contributed by atoms with E-state index in [1.165, 1.54) is 11.8 Å². The Labute approximate surface area is 163 Å². The lowest BCUT2D eigenvalue weighted by molar-refractivity contribution is -0.118. The van der Waals surface area contributed by atoms with Crippen LogP contribution in [0.15, 0.2) is 56.7 Å². The van der Waals surface area contributed by atoms with Crippen molar-refractivity contribution in [2.45, 2.75) is 30.6 Å². The molecule has 4 rings (SSSR count). The molecule has 0 spiro atoms. The largest absolute Gasteiger partial charge is 0.446 e. The van der Waals surface area contributed by atoms with Crippen LogP contribution in [0.1, 0.15) is 18.4 Å². The highest BCUT2D eigenvalue weighted by molar-refractivity contribution is 9.10. The van der Waals surface area contributed by atoms with Gasteiger partial charge in [0.05, 0.1) is 12.3 Å². The number of amides is 1. The van der Waals surface area contributed by atoms with E-state index in [0.29, 0.717) is 39.8 Å². The highest BCUT2D eigenvalue weighted by Crippen LogP contribution is 2.28. The minimum atomic E-state index is 0.0362. The lowest BCUT2D eigenvalue weighted by Gasteiger charge is -2.09. The van der Waals surface area contributed by atoms with Gasteiger partial charge in [0.15, 0.2) is 15.6 Å². The number of benzene rings is 1. The zero-order valence-corrected chi connectivity index (χ0v) is 16.3. The molecule has 1 saturated carbocycles. The summed E-state index contributed by atoms with van der Waals surface area (Å²) < 4.78 is 8.27. The second-order valence-corrected chi connectivity index (χ2v) is 7.84. The third-order valence-corrected chi connectivity index (χ3v) is 5.36. The Morgan fingerprint density at radius 1 is 1.23 bits per heavy atom. The van der Waals surface area contributed by atoms with Crippen molar-refractivity contribution in [2.24, 2.45) is 0 Å². The van der Waals surface area contributed by atoms with Gasteiger partial charge in [-0.15, -0.1) is 10.2 Å². The first-order valence-corrected chi connectivity index (χ1v) is 10.1. The van der Waals surface area contributed by atoms with Crippen LogP contribution in [-0.2, 0) is 11.3 Å². The summed E-state index contributed by atoms with van der Waals surface area (Å²) in [5.74, 6) is 1.64. The van der Waals surface area contributed by atoms with Crippen molar-refractivity contribution in [3.8, 4) is 11.6 Å². The molecule has 2 heterocycles. The molecule has 0 saturated heterocycles. The van der Waals surface area contributed by atoms with E-state index in [1.807, 2.05) is 34.9 Å². The topological polar surface area (TPSA) is 73.0 Å². The second-order valence-electron chi connectivity index (χ2n) is 6.11. The predicted molar refractivity (Wildman–Crippen MR) is 103 cm³/mol. The van der Waals surface area contributed by atoms with Crippen molar-refractivity contribution >= 4 is 33.6 Å². The van der Waals surface area contributed by atoms with Crippen LogP contribution in [0.3, 0.4) is 0 Å². The number of furan rings is 1. The molecule has 0 aliphatic heterocycles. The van der Waals surface area contributed by atoms with E-state index in [0.717, 1.165) is 18.4 Å². The van der Waals surface area contributed by atoms with Gasteiger partial charge >= 0.3 is 0 Å². The summed E-state index contributed by atoms with van der Waals surface area (Å²) in [6, 6.07) is 14.1. The number of nitrogens with zero attached hydrogens (tertiary/aromatic N) is 3. The quantitative estimate of drug-likeness (QED) is 0.575. The number of hydrogen-bond acceptors (Lipinski definition) is 5. The molecule has 1 aromatic carbocycles. The molecule has 2 aromatic heterocycles. The maximum Gasteiger partial charge on any atom is 0.230 e. The number of thioether (sulfide) groups is 1. The van der Waals surface area contributed by atoms with Crippen molar-refractivity contribution in [3.63, 3.8) is 0 Å². The maximum absolute atomic E-state index is 12.0. The minimum absolute atomic E-state index is 0.0362. The van der Waals surface area contributed by atoms with Crippen LogP contribution in [0.4, 0.5) is 0 Å². The fourth-order valence-electron chi connectivity index (χ4n) is 2.55. The molecule has 1 aliphatic rings. The third-order valence-electron chi connectivity index (χ3n) is 3.97. The molecule has 0 unspecified atom stereocenters. The van der Waals surface area contributed by atoms with Crippen LogP contribution in [0.2, 0.25) is 0 Å². The Balaban J connectivity index is 1.57. The number of hydrogen-bond donors (Lipinski definition) is 1. The summed E-state index contributed by atoms with van der Waals surface area (Å²) in [4.78, 5) is 12.0. The number of aromatic nitrogens is 3. The molecule has 1 aliphatic carbocycles. The van der Waals surface area contributed by atoms with Gasteiger partial charge in [-0.25, -0.2) is 0 Å². The highest BCUT2D eigenvalue weighted by Gasteiger charge is 2.24. The SMILES string of the molecule is O=C(CSc1nnc(-c2ccc(Br)o2)n1Cc1ccccc1)NC1CC1. The lowest BCUT2D eigenvalue weighted by Crippen LogP contribution is -2.27. The molecule has 0 atom stereocenters. The van der Waals surface area contributed by atoms with E-state index in [-0.39, 0.29) is 5.91 Å². The summed E-state index contributed by atoms with van der Waals surface area (Å²) in [5, 5.41) is 12.3. The first-order chi connectivity index (χ1) is 12.7. The van der Waals surface area contributed by atoms with Crippen LogP contribution < -0.4 is 5.32 Å². The fourth-order valence-corrected chi connectivity index (χ4v) is 3.60. The Morgan fingerprint density at radius 3 is 2.73 bits per heavy atom. The van der Waals surface area contributed by atoms with E-state index in [2.05, 4.69) is 43.6 Å².